The maximum atomic E-state index is 12.4. The van der Waals surface area contributed by atoms with Crippen LogP contribution >= 0.6 is 0 Å². The first kappa shape index (κ1) is 15.6. The summed E-state index contributed by atoms with van der Waals surface area (Å²) in [7, 11) is 0. The first-order valence-corrected chi connectivity index (χ1v) is 8.19. The van der Waals surface area contributed by atoms with Crippen LogP contribution in [0.3, 0.4) is 0 Å². The van der Waals surface area contributed by atoms with E-state index in [1.54, 1.807) is 0 Å². The van der Waals surface area contributed by atoms with Crippen molar-refractivity contribution in [2.75, 3.05) is 6.61 Å². The Bertz CT molecular complexity index is 723. The zero-order valence-electron chi connectivity index (χ0n) is 13.9. The molecule has 1 saturated carbocycles. The molecule has 1 fully saturated rings. The van der Waals surface area contributed by atoms with Gasteiger partial charge in [0.2, 0.25) is 0 Å². The lowest BCUT2D eigenvalue weighted by atomic mass is 10.1. The molecule has 0 unspecified atom stereocenters. The van der Waals surface area contributed by atoms with E-state index in [1.807, 2.05) is 44.2 Å². The Hall–Kier alpha value is -2.29. The van der Waals surface area contributed by atoms with Crippen LogP contribution in [0.5, 0.6) is 5.75 Å². The van der Waals surface area contributed by atoms with Crippen LogP contribution in [-0.2, 0) is 0 Å². The Labute approximate surface area is 137 Å². The van der Waals surface area contributed by atoms with Gasteiger partial charge in [-0.05, 0) is 68.1 Å². The van der Waals surface area contributed by atoms with E-state index < -0.39 is 0 Å². The third kappa shape index (κ3) is 3.55. The summed E-state index contributed by atoms with van der Waals surface area (Å²) < 4.78 is 5.55. The lowest BCUT2D eigenvalue weighted by molar-refractivity contribution is 0.0950. The van der Waals surface area contributed by atoms with Gasteiger partial charge in [-0.1, -0.05) is 18.2 Å². The highest BCUT2D eigenvalue weighted by atomic mass is 16.5. The molecule has 1 aliphatic rings. The lowest BCUT2D eigenvalue weighted by Crippen LogP contribution is -2.26. The summed E-state index contributed by atoms with van der Waals surface area (Å²) in [4.78, 5) is 12.4. The van der Waals surface area contributed by atoms with Crippen LogP contribution in [0.25, 0.3) is 0 Å². The van der Waals surface area contributed by atoms with Crippen molar-refractivity contribution in [1.82, 2.24) is 5.32 Å². The number of aryl methyl sites for hydroxylation is 2. The molecule has 3 nitrogen and oxygen atoms in total. The zero-order chi connectivity index (χ0) is 16.4. The highest BCUT2D eigenvalue weighted by molar-refractivity contribution is 5.95. The normalized spacial score (nSPS) is 19.3. The van der Waals surface area contributed by atoms with Gasteiger partial charge in [-0.3, -0.25) is 4.79 Å². The minimum absolute atomic E-state index is 0.0153. The Morgan fingerprint density at radius 2 is 2.00 bits per heavy atom. The highest BCUT2D eigenvalue weighted by Crippen LogP contribution is 2.41. The molecular formula is C20H23NO2. The SMILES string of the molecule is CCOc1cccc([C@H]2C[C@@H]2NC(=O)c2ccc(C)c(C)c2)c1. The summed E-state index contributed by atoms with van der Waals surface area (Å²) in [6.07, 6.45) is 0.992. The monoisotopic (exact) mass is 309 g/mol. The Kier molecular flexibility index (Phi) is 4.37. The molecule has 0 aromatic heterocycles. The van der Waals surface area contributed by atoms with E-state index in [4.69, 9.17) is 4.74 Å². The lowest BCUT2D eigenvalue weighted by Gasteiger charge is -2.08. The predicted molar refractivity (Wildman–Crippen MR) is 92.1 cm³/mol. The molecule has 1 amide bonds. The minimum Gasteiger partial charge on any atom is -0.494 e. The van der Waals surface area contributed by atoms with Crippen LogP contribution in [0.2, 0.25) is 0 Å². The smallest absolute Gasteiger partial charge is 0.251 e. The number of benzene rings is 2. The fourth-order valence-electron chi connectivity index (χ4n) is 2.86. The van der Waals surface area contributed by atoms with Crippen molar-refractivity contribution >= 4 is 5.91 Å². The van der Waals surface area contributed by atoms with Gasteiger partial charge < -0.3 is 10.1 Å². The standard InChI is InChI=1S/C20H23NO2/c1-4-23-17-7-5-6-15(11-17)18-12-19(18)21-20(22)16-9-8-13(2)14(3)10-16/h5-11,18-19H,4,12H2,1-3H3,(H,21,22)/t18-,19+/m1/s1. The second-order valence-electron chi connectivity index (χ2n) is 6.23. The molecule has 23 heavy (non-hydrogen) atoms. The maximum absolute atomic E-state index is 12.4. The van der Waals surface area contributed by atoms with Crippen LogP contribution < -0.4 is 10.1 Å². The zero-order valence-corrected chi connectivity index (χ0v) is 13.9. The topological polar surface area (TPSA) is 38.3 Å². The molecule has 0 saturated heterocycles. The summed E-state index contributed by atoms with van der Waals surface area (Å²) in [6.45, 7) is 6.74. The van der Waals surface area contributed by atoms with E-state index in [0.29, 0.717) is 12.5 Å². The third-order valence-electron chi connectivity index (χ3n) is 4.47. The molecule has 0 bridgehead atoms. The molecule has 0 aliphatic heterocycles. The van der Waals surface area contributed by atoms with Crippen molar-refractivity contribution < 1.29 is 9.53 Å². The van der Waals surface area contributed by atoms with E-state index in [0.717, 1.165) is 23.3 Å². The van der Waals surface area contributed by atoms with Crippen molar-refractivity contribution in [2.24, 2.45) is 0 Å². The minimum atomic E-state index is 0.0153. The van der Waals surface area contributed by atoms with E-state index >= 15 is 0 Å². The molecule has 2 aromatic carbocycles. The van der Waals surface area contributed by atoms with Crippen molar-refractivity contribution in [3.63, 3.8) is 0 Å². The van der Waals surface area contributed by atoms with Gasteiger partial charge >= 0.3 is 0 Å². The van der Waals surface area contributed by atoms with Gasteiger partial charge in [0.25, 0.3) is 5.91 Å². The number of hydrogen-bond donors (Lipinski definition) is 1. The van der Waals surface area contributed by atoms with Crippen molar-refractivity contribution in [1.29, 1.82) is 0 Å². The van der Waals surface area contributed by atoms with Gasteiger partial charge in [-0.2, -0.15) is 0 Å². The molecule has 2 atom stereocenters. The second-order valence-corrected chi connectivity index (χ2v) is 6.23. The number of ether oxygens (including phenoxy) is 1. The fourth-order valence-corrected chi connectivity index (χ4v) is 2.86. The molecule has 0 spiro atoms. The van der Waals surface area contributed by atoms with Crippen molar-refractivity contribution in [3.05, 3.63) is 64.7 Å². The summed E-state index contributed by atoms with van der Waals surface area (Å²) in [6, 6.07) is 14.2. The number of carbonyl (C=O) groups excluding carboxylic acids is 1. The predicted octanol–water partition coefficient (Wildman–Crippen LogP) is 3.99. The van der Waals surface area contributed by atoms with Crippen LogP contribution in [0.4, 0.5) is 0 Å². The van der Waals surface area contributed by atoms with Gasteiger partial charge in [-0.15, -0.1) is 0 Å². The molecule has 0 radical (unpaired) electrons. The second kappa shape index (κ2) is 6.45. The molecular weight excluding hydrogens is 286 g/mol. The first-order valence-electron chi connectivity index (χ1n) is 8.19. The van der Waals surface area contributed by atoms with Gasteiger partial charge in [0, 0.05) is 17.5 Å². The van der Waals surface area contributed by atoms with Gasteiger partial charge in [0.1, 0.15) is 5.75 Å². The van der Waals surface area contributed by atoms with Crippen LogP contribution in [0.1, 0.15) is 46.3 Å². The van der Waals surface area contributed by atoms with Crippen molar-refractivity contribution in [2.45, 2.75) is 39.2 Å². The molecule has 3 heteroatoms. The molecule has 2 aromatic rings. The van der Waals surface area contributed by atoms with Gasteiger partial charge in [-0.25, -0.2) is 0 Å². The molecule has 1 N–H and O–H groups in total. The van der Waals surface area contributed by atoms with E-state index in [2.05, 4.69) is 24.4 Å². The fraction of sp³-hybridized carbons (Fsp3) is 0.350. The summed E-state index contributed by atoms with van der Waals surface area (Å²) >= 11 is 0. The van der Waals surface area contributed by atoms with E-state index in [9.17, 15) is 4.79 Å². The number of hydrogen-bond acceptors (Lipinski definition) is 2. The third-order valence-corrected chi connectivity index (χ3v) is 4.47. The quantitative estimate of drug-likeness (QED) is 0.907. The maximum Gasteiger partial charge on any atom is 0.251 e. The van der Waals surface area contributed by atoms with Crippen LogP contribution in [-0.4, -0.2) is 18.6 Å². The molecule has 3 rings (SSSR count). The molecule has 1 aliphatic carbocycles. The summed E-state index contributed by atoms with van der Waals surface area (Å²) in [5.41, 5.74) is 4.33. The number of amides is 1. The first-order chi connectivity index (χ1) is 11.1. The van der Waals surface area contributed by atoms with Crippen LogP contribution in [0.15, 0.2) is 42.5 Å². The largest absolute Gasteiger partial charge is 0.494 e. The molecule has 0 heterocycles. The summed E-state index contributed by atoms with van der Waals surface area (Å²) in [5.74, 6) is 1.31. The van der Waals surface area contributed by atoms with E-state index in [-0.39, 0.29) is 11.9 Å². The number of nitrogens with one attached hydrogen (secondary N) is 1. The summed E-state index contributed by atoms with van der Waals surface area (Å²) in [5, 5.41) is 3.14. The Balaban J connectivity index is 1.63. The van der Waals surface area contributed by atoms with Crippen LogP contribution in [0, 0.1) is 13.8 Å². The average Bonchev–Trinajstić information content (AvgIpc) is 3.30. The van der Waals surface area contributed by atoms with Gasteiger partial charge in [0.05, 0.1) is 6.61 Å². The average molecular weight is 309 g/mol. The Morgan fingerprint density at radius 3 is 2.74 bits per heavy atom. The highest BCUT2D eigenvalue weighted by Gasteiger charge is 2.39. The number of rotatable bonds is 5. The Morgan fingerprint density at radius 1 is 1.17 bits per heavy atom. The number of carbonyl (C=O) groups is 1. The molecule has 120 valence electrons. The van der Waals surface area contributed by atoms with E-state index in [1.165, 1.54) is 11.1 Å². The van der Waals surface area contributed by atoms with Gasteiger partial charge in [0.15, 0.2) is 0 Å². The van der Waals surface area contributed by atoms with Crippen molar-refractivity contribution in [3.8, 4) is 5.75 Å².